The van der Waals surface area contributed by atoms with Crippen LogP contribution >= 0.6 is 23.2 Å². The lowest BCUT2D eigenvalue weighted by Crippen LogP contribution is -2.28. The summed E-state index contributed by atoms with van der Waals surface area (Å²) in [4.78, 5) is 26.4. The van der Waals surface area contributed by atoms with E-state index in [1.165, 1.54) is 0 Å². The molecule has 1 fully saturated rings. The highest BCUT2D eigenvalue weighted by molar-refractivity contribution is 6.33. The average molecular weight is 523 g/mol. The van der Waals surface area contributed by atoms with Crippen molar-refractivity contribution in [2.75, 3.05) is 18.8 Å². The highest BCUT2D eigenvalue weighted by atomic mass is 35.5. The molecule has 36 heavy (non-hydrogen) atoms. The summed E-state index contributed by atoms with van der Waals surface area (Å²) in [5, 5.41) is 14.7. The molecule has 3 heterocycles. The molecule has 1 amide bonds. The molecule has 184 valence electrons. The molecule has 1 aliphatic heterocycles. The van der Waals surface area contributed by atoms with Gasteiger partial charge in [-0.25, -0.2) is 15.0 Å². The van der Waals surface area contributed by atoms with Crippen LogP contribution in [0.2, 0.25) is 10.0 Å². The highest BCUT2D eigenvalue weighted by Crippen LogP contribution is 2.27. The number of hydrogen-bond donors (Lipinski definition) is 4. The summed E-state index contributed by atoms with van der Waals surface area (Å²) in [6.45, 7) is 2.12. The lowest BCUT2D eigenvalue weighted by molar-refractivity contribution is 0.0951. The Hall–Kier alpha value is -3.53. The molecule has 1 atom stereocenters. The van der Waals surface area contributed by atoms with Crippen molar-refractivity contribution >= 4 is 34.9 Å². The topological polar surface area (TPSA) is 134 Å². The summed E-state index contributed by atoms with van der Waals surface area (Å²) >= 11 is 12.2. The van der Waals surface area contributed by atoms with Gasteiger partial charge in [0.05, 0.1) is 11.9 Å². The Labute approximate surface area is 217 Å². The van der Waals surface area contributed by atoms with E-state index in [9.17, 15) is 4.79 Å². The number of nitrogens with one attached hydrogen (secondary N) is 3. The fraction of sp³-hybridized carbons (Fsp3) is 0.240. The third kappa shape index (κ3) is 5.33. The standard InChI is InChI=1S/C25H24Cl2N8O/c26-18-6-7-19(27)17(10-18)12-31-25(36)15-4-1-3-14(9-15)20-13-30-22(28)21(32-20)24-33-23(34-35-24)16-5-2-8-29-11-16/h1,3-4,6-7,9-10,13,16,29H,2,5,8,11-12H2,(H2,28,30)(H,31,36)(H,33,34,35). The molecule has 0 spiro atoms. The number of nitrogens with two attached hydrogens (primary N) is 1. The van der Waals surface area contributed by atoms with Crippen LogP contribution in [0.25, 0.3) is 22.8 Å². The summed E-state index contributed by atoms with van der Waals surface area (Å²) in [5.74, 6) is 1.46. The Bertz CT molecular complexity index is 1400. The number of nitrogen functional groups attached to an aromatic ring is 1. The molecule has 9 nitrogen and oxygen atoms in total. The summed E-state index contributed by atoms with van der Waals surface area (Å²) in [6.07, 6.45) is 3.70. The number of carbonyl (C=O) groups excluding carboxylic acids is 1. The van der Waals surface area contributed by atoms with Crippen molar-refractivity contribution in [3.63, 3.8) is 0 Å². The molecule has 2 aromatic heterocycles. The largest absolute Gasteiger partial charge is 0.382 e. The fourth-order valence-electron chi connectivity index (χ4n) is 4.13. The summed E-state index contributed by atoms with van der Waals surface area (Å²) in [5.41, 5.74) is 8.98. The molecule has 11 heteroatoms. The fourth-order valence-corrected chi connectivity index (χ4v) is 4.51. The number of aromatic amines is 1. The normalized spacial score (nSPS) is 15.6. The third-order valence-corrected chi connectivity index (χ3v) is 6.67. The van der Waals surface area contributed by atoms with Gasteiger partial charge in [-0.15, -0.1) is 0 Å². The predicted octanol–water partition coefficient (Wildman–Crippen LogP) is 4.21. The Kier molecular flexibility index (Phi) is 7.13. The van der Waals surface area contributed by atoms with Gasteiger partial charge in [0.1, 0.15) is 5.82 Å². The maximum absolute atomic E-state index is 12.8. The van der Waals surface area contributed by atoms with Crippen LogP contribution in [0.15, 0.2) is 48.7 Å². The van der Waals surface area contributed by atoms with E-state index in [0.29, 0.717) is 38.4 Å². The lowest BCUT2D eigenvalue weighted by atomic mass is 9.99. The predicted molar refractivity (Wildman–Crippen MR) is 140 cm³/mol. The van der Waals surface area contributed by atoms with E-state index in [0.717, 1.165) is 37.3 Å². The van der Waals surface area contributed by atoms with Crippen molar-refractivity contribution < 1.29 is 4.79 Å². The minimum Gasteiger partial charge on any atom is -0.382 e. The average Bonchev–Trinajstić information content (AvgIpc) is 3.40. The number of carbonyl (C=O) groups is 1. The van der Waals surface area contributed by atoms with Gasteiger partial charge in [0.2, 0.25) is 5.82 Å². The molecule has 0 bridgehead atoms. The second-order valence-electron chi connectivity index (χ2n) is 8.58. The van der Waals surface area contributed by atoms with E-state index in [1.54, 1.807) is 42.6 Å². The smallest absolute Gasteiger partial charge is 0.251 e. The molecular weight excluding hydrogens is 499 g/mol. The SMILES string of the molecule is Nc1ncc(-c2cccc(C(=O)NCc3cc(Cl)ccc3Cl)c2)nc1-c1n[nH]c(C2CCCNC2)n1. The van der Waals surface area contributed by atoms with Gasteiger partial charge in [-0.3, -0.25) is 9.89 Å². The molecule has 5 rings (SSSR count). The number of nitrogens with zero attached hydrogens (tertiary/aromatic N) is 4. The number of piperidine rings is 1. The Morgan fingerprint density at radius 1 is 1.17 bits per heavy atom. The summed E-state index contributed by atoms with van der Waals surface area (Å²) in [7, 11) is 0. The molecular formula is C25H24Cl2N8O. The van der Waals surface area contributed by atoms with Gasteiger partial charge in [0.25, 0.3) is 5.91 Å². The second kappa shape index (κ2) is 10.6. The molecule has 0 radical (unpaired) electrons. The molecule has 1 saturated heterocycles. The zero-order chi connectivity index (χ0) is 25.1. The zero-order valence-corrected chi connectivity index (χ0v) is 20.8. The Morgan fingerprint density at radius 2 is 2.06 bits per heavy atom. The van der Waals surface area contributed by atoms with Crippen LogP contribution in [0.4, 0.5) is 5.82 Å². The van der Waals surface area contributed by atoms with Crippen LogP contribution in [0, 0.1) is 0 Å². The molecule has 1 unspecified atom stereocenters. The first-order valence-corrected chi connectivity index (χ1v) is 12.3. The minimum absolute atomic E-state index is 0.235. The number of amides is 1. The van der Waals surface area contributed by atoms with E-state index >= 15 is 0 Å². The van der Waals surface area contributed by atoms with E-state index < -0.39 is 0 Å². The number of H-pyrrole nitrogens is 1. The first-order chi connectivity index (χ1) is 17.5. The molecule has 2 aromatic carbocycles. The molecule has 1 aliphatic rings. The maximum atomic E-state index is 12.8. The van der Waals surface area contributed by atoms with Crippen molar-refractivity contribution in [1.29, 1.82) is 0 Å². The number of aromatic nitrogens is 5. The quantitative estimate of drug-likeness (QED) is 0.297. The third-order valence-electron chi connectivity index (χ3n) is 6.07. The van der Waals surface area contributed by atoms with Gasteiger partial charge in [0.15, 0.2) is 11.5 Å². The first-order valence-electron chi connectivity index (χ1n) is 11.6. The highest BCUT2D eigenvalue weighted by Gasteiger charge is 2.21. The Balaban J connectivity index is 1.35. The second-order valence-corrected chi connectivity index (χ2v) is 9.42. The lowest BCUT2D eigenvalue weighted by Gasteiger charge is -2.20. The van der Waals surface area contributed by atoms with Gasteiger partial charge in [-0.1, -0.05) is 35.3 Å². The van der Waals surface area contributed by atoms with Gasteiger partial charge < -0.3 is 16.4 Å². The monoisotopic (exact) mass is 522 g/mol. The maximum Gasteiger partial charge on any atom is 0.251 e. The van der Waals surface area contributed by atoms with Crippen molar-refractivity contribution in [2.24, 2.45) is 0 Å². The van der Waals surface area contributed by atoms with Crippen molar-refractivity contribution in [1.82, 2.24) is 35.8 Å². The first kappa shape index (κ1) is 24.2. The van der Waals surface area contributed by atoms with E-state index in [1.807, 2.05) is 6.07 Å². The van der Waals surface area contributed by atoms with Crippen molar-refractivity contribution in [3.8, 4) is 22.8 Å². The van der Waals surface area contributed by atoms with Crippen LogP contribution in [-0.4, -0.2) is 44.1 Å². The van der Waals surface area contributed by atoms with Gasteiger partial charge in [-0.2, -0.15) is 5.10 Å². The van der Waals surface area contributed by atoms with Crippen molar-refractivity contribution in [2.45, 2.75) is 25.3 Å². The van der Waals surface area contributed by atoms with Gasteiger partial charge >= 0.3 is 0 Å². The number of halogens is 2. The van der Waals surface area contributed by atoms with E-state index in [-0.39, 0.29) is 24.2 Å². The molecule has 4 aromatic rings. The van der Waals surface area contributed by atoms with Gasteiger partial charge in [0, 0.05) is 40.2 Å². The number of hydrogen-bond acceptors (Lipinski definition) is 7. The van der Waals surface area contributed by atoms with Crippen LogP contribution in [0.1, 0.15) is 40.5 Å². The van der Waals surface area contributed by atoms with Crippen molar-refractivity contribution in [3.05, 3.63) is 75.7 Å². The molecule has 0 aliphatic carbocycles. The van der Waals surface area contributed by atoms with Crippen LogP contribution in [0.3, 0.4) is 0 Å². The molecule has 5 N–H and O–H groups in total. The van der Waals surface area contributed by atoms with Crippen LogP contribution in [0.5, 0.6) is 0 Å². The zero-order valence-electron chi connectivity index (χ0n) is 19.3. The van der Waals surface area contributed by atoms with E-state index in [4.69, 9.17) is 28.9 Å². The van der Waals surface area contributed by atoms with Crippen LogP contribution < -0.4 is 16.4 Å². The number of benzene rings is 2. The molecule has 0 saturated carbocycles. The summed E-state index contributed by atoms with van der Waals surface area (Å²) < 4.78 is 0. The Morgan fingerprint density at radius 3 is 2.89 bits per heavy atom. The number of rotatable bonds is 6. The van der Waals surface area contributed by atoms with E-state index in [2.05, 4.69) is 35.8 Å². The minimum atomic E-state index is -0.253. The number of anilines is 1. The summed E-state index contributed by atoms with van der Waals surface area (Å²) in [6, 6.07) is 12.2. The van der Waals surface area contributed by atoms with Gasteiger partial charge in [-0.05, 0) is 55.3 Å². The van der Waals surface area contributed by atoms with Crippen LogP contribution in [-0.2, 0) is 6.54 Å².